The van der Waals surface area contributed by atoms with E-state index in [2.05, 4.69) is 15.3 Å². The van der Waals surface area contributed by atoms with E-state index in [1.807, 2.05) is 13.0 Å². The monoisotopic (exact) mass is 349 g/mol. The van der Waals surface area contributed by atoms with E-state index in [4.69, 9.17) is 46.4 Å². The van der Waals surface area contributed by atoms with Gasteiger partial charge < -0.3 is 5.32 Å². The normalized spacial score (nSPS) is 12.3. The molecule has 0 saturated heterocycles. The van der Waals surface area contributed by atoms with E-state index in [0.29, 0.717) is 26.6 Å². The Morgan fingerprint density at radius 2 is 1.80 bits per heavy atom. The van der Waals surface area contributed by atoms with Gasteiger partial charge in [0.1, 0.15) is 5.02 Å². The van der Waals surface area contributed by atoms with Gasteiger partial charge >= 0.3 is 0 Å². The summed E-state index contributed by atoms with van der Waals surface area (Å²) in [5.41, 5.74) is 1.50. The summed E-state index contributed by atoms with van der Waals surface area (Å²) in [5, 5.41) is 4.91. The Kier molecular flexibility index (Phi) is 4.97. The first-order valence-corrected chi connectivity index (χ1v) is 7.30. The molecular formula is C13H11Cl4N3. The average molecular weight is 351 g/mol. The molecule has 0 aliphatic rings. The zero-order valence-electron chi connectivity index (χ0n) is 10.7. The van der Waals surface area contributed by atoms with Gasteiger partial charge in [-0.1, -0.05) is 40.9 Å². The first-order valence-electron chi connectivity index (χ1n) is 5.79. The van der Waals surface area contributed by atoms with Gasteiger partial charge in [0, 0.05) is 10.0 Å². The molecule has 1 N–H and O–H groups in total. The second-order valence-electron chi connectivity index (χ2n) is 4.27. The standard InChI is InChI=1S/C13H11Cl4N3/c1-6(9-4-3-8(14)5-10(9)15)18-12-11(16)7(2)19-13(17)20-12/h3-6H,1-2H3,(H,18,19,20). The van der Waals surface area contributed by atoms with Gasteiger partial charge in [0.25, 0.3) is 0 Å². The van der Waals surface area contributed by atoms with E-state index in [1.165, 1.54) is 0 Å². The Balaban J connectivity index is 2.30. The van der Waals surface area contributed by atoms with Crippen LogP contribution in [0, 0.1) is 6.92 Å². The van der Waals surface area contributed by atoms with Crippen molar-refractivity contribution in [1.82, 2.24) is 9.97 Å². The third-order valence-electron chi connectivity index (χ3n) is 2.77. The first-order chi connectivity index (χ1) is 9.38. The van der Waals surface area contributed by atoms with Crippen molar-refractivity contribution in [2.45, 2.75) is 19.9 Å². The fraction of sp³-hybridized carbons (Fsp3) is 0.231. The van der Waals surface area contributed by atoms with Crippen LogP contribution in [-0.2, 0) is 0 Å². The maximum atomic E-state index is 6.18. The largest absolute Gasteiger partial charge is 0.362 e. The molecule has 20 heavy (non-hydrogen) atoms. The number of anilines is 1. The van der Waals surface area contributed by atoms with Crippen LogP contribution >= 0.6 is 46.4 Å². The van der Waals surface area contributed by atoms with Gasteiger partial charge in [0.15, 0.2) is 5.82 Å². The van der Waals surface area contributed by atoms with Crippen LogP contribution in [-0.4, -0.2) is 9.97 Å². The van der Waals surface area contributed by atoms with Gasteiger partial charge in [0.2, 0.25) is 5.28 Å². The topological polar surface area (TPSA) is 37.8 Å². The minimum atomic E-state index is -0.109. The predicted octanol–water partition coefficient (Wildman–Crippen LogP) is 5.57. The number of aromatic nitrogens is 2. The highest BCUT2D eigenvalue weighted by molar-refractivity contribution is 6.35. The molecule has 0 amide bonds. The van der Waals surface area contributed by atoms with E-state index in [9.17, 15) is 0 Å². The molecule has 1 aromatic carbocycles. The SMILES string of the molecule is Cc1nc(Cl)nc(NC(C)c2ccc(Cl)cc2Cl)c1Cl. The summed E-state index contributed by atoms with van der Waals surface area (Å²) in [5.74, 6) is 0.475. The molecule has 0 fully saturated rings. The number of benzene rings is 1. The Morgan fingerprint density at radius 3 is 2.45 bits per heavy atom. The van der Waals surface area contributed by atoms with Gasteiger partial charge in [-0.25, -0.2) is 4.98 Å². The quantitative estimate of drug-likeness (QED) is 0.735. The number of nitrogens with zero attached hydrogens (tertiary/aromatic N) is 2. The molecule has 2 rings (SSSR count). The lowest BCUT2D eigenvalue weighted by Gasteiger charge is -2.18. The zero-order valence-corrected chi connectivity index (χ0v) is 13.7. The van der Waals surface area contributed by atoms with Crippen LogP contribution in [0.3, 0.4) is 0 Å². The molecule has 1 unspecified atom stereocenters. The predicted molar refractivity (Wildman–Crippen MR) is 85.3 cm³/mol. The van der Waals surface area contributed by atoms with Crippen molar-refractivity contribution in [3.63, 3.8) is 0 Å². The van der Waals surface area contributed by atoms with Gasteiger partial charge in [0.05, 0.1) is 11.7 Å². The first kappa shape index (κ1) is 15.6. The average Bonchev–Trinajstić information content (AvgIpc) is 2.35. The highest BCUT2D eigenvalue weighted by Gasteiger charge is 2.14. The van der Waals surface area contributed by atoms with Crippen molar-refractivity contribution >= 4 is 52.2 Å². The second kappa shape index (κ2) is 6.35. The van der Waals surface area contributed by atoms with Crippen molar-refractivity contribution < 1.29 is 0 Å². The summed E-state index contributed by atoms with van der Waals surface area (Å²) < 4.78 is 0. The molecule has 106 valence electrons. The molecule has 0 aliphatic heterocycles. The molecule has 1 aromatic heterocycles. The number of rotatable bonds is 3. The number of hydrogen-bond donors (Lipinski definition) is 1. The zero-order chi connectivity index (χ0) is 14.9. The Morgan fingerprint density at radius 1 is 1.10 bits per heavy atom. The molecule has 0 bridgehead atoms. The lowest BCUT2D eigenvalue weighted by Crippen LogP contribution is -2.10. The lowest BCUT2D eigenvalue weighted by atomic mass is 10.1. The van der Waals surface area contributed by atoms with Crippen molar-refractivity contribution in [1.29, 1.82) is 0 Å². The third kappa shape index (κ3) is 3.47. The molecule has 0 radical (unpaired) electrons. The van der Waals surface area contributed by atoms with E-state index < -0.39 is 0 Å². The third-order valence-corrected chi connectivity index (χ3v) is 3.96. The molecule has 3 nitrogen and oxygen atoms in total. The Bertz CT molecular complexity index is 646. The fourth-order valence-electron chi connectivity index (χ4n) is 1.76. The Hall–Kier alpha value is -0.740. The van der Waals surface area contributed by atoms with E-state index in [-0.39, 0.29) is 11.3 Å². The summed E-state index contributed by atoms with van der Waals surface area (Å²) in [7, 11) is 0. The summed E-state index contributed by atoms with van der Waals surface area (Å²) in [6.45, 7) is 3.71. The summed E-state index contributed by atoms with van der Waals surface area (Å²) in [6.07, 6.45) is 0. The number of aryl methyl sites for hydroxylation is 1. The molecule has 0 spiro atoms. The van der Waals surface area contributed by atoms with Gasteiger partial charge in [-0.15, -0.1) is 0 Å². The van der Waals surface area contributed by atoms with Crippen LogP contribution < -0.4 is 5.32 Å². The minimum Gasteiger partial charge on any atom is -0.362 e. The second-order valence-corrected chi connectivity index (χ2v) is 5.83. The van der Waals surface area contributed by atoms with Crippen LogP contribution in [0.2, 0.25) is 20.4 Å². The smallest absolute Gasteiger partial charge is 0.224 e. The van der Waals surface area contributed by atoms with Crippen LogP contribution in [0.25, 0.3) is 0 Å². The summed E-state index contributed by atoms with van der Waals surface area (Å²) in [4.78, 5) is 8.07. The maximum absolute atomic E-state index is 6.18. The van der Waals surface area contributed by atoms with Crippen LogP contribution in [0.5, 0.6) is 0 Å². The van der Waals surface area contributed by atoms with Crippen molar-refractivity contribution in [3.05, 3.63) is 49.8 Å². The summed E-state index contributed by atoms with van der Waals surface area (Å²) in [6, 6.07) is 5.21. The van der Waals surface area contributed by atoms with E-state index >= 15 is 0 Å². The lowest BCUT2D eigenvalue weighted by molar-refractivity contribution is 0.870. The highest BCUT2D eigenvalue weighted by Crippen LogP contribution is 2.31. The highest BCUT2D eigenvalue weighted by atomic mass is 35.5. The van der Waals surface area contributed by atoms with Crippen molar-refractivity contribution in [2.24, 2.45) is 0 Å². The maximum Gasteiger partial charge on any atom is 0.224 e. The molecule has 2 aromatic rings. The number of nitrogens with one attached hydrogen (secondary N) is 1. The molecule has 1 heterocycles. The fourth-order valence-corrected chi connectivity index (χ4v) is 2.68. The molecule has 7 heteroatoms. The van der Waals surface area contributed by atoms with E-state index in [0.717, 1.165) is 5.56 Å². The molecule has 1 atom stereocenters. The van der Waals surface area contributed by atoms with Crippen LogP contribution in [0.4, 0.5) is 5.82 Å². The van der Waals surface area contributed by atoms with Gasteiger partial charge in [-0.05, 0) is 43.1 Å². The van der Waals surface area contributed by atoms with Gasteiger partial charge in [-0.2, -0.15) is 4.98 Å². The molecular weight excluding hydrogens is 340 g/mol. The van der Waals surface area contributed by atoms with Crippen LogP contribution in [0.15, 0.2) is 18.2 Å². The van der Waals surface area contributed by atoms with Crippen molar-refractivity contribution in [3.8, 4) is 0 Å². The molecule has 0 saturated carbocycles. The van der Waals surface area contributed by atoms with Gasteiger partial charge in [-0.3, -0.25) is 0 Å². The van der Waals surface area contributed by atoms with Crippen LogP contribution in [0.1, 0.15) is 24.2 Å². The minimum absolute atomic E-state index is 0.109. The number of hydrogen-bond acceptors (Lipinski definition) is 3. The molecule has 0 aliphatic carbocycles. The van der Waals surface area contributed by atoms with Crippen molar-refractivity contribution in [2.75, 3.05) is 5.32 Å². The number of halogens is 4. The van der Waals surface area contributed by atoms with E-state index in [1.54, 1.807) is 19.1 Å². The summed E-state index contributed by atoms with van der Waals surface area (Å²) >= 11 is 24.1. The Labute approximate surface area is 137 Å².